The lowest BCUT2D eigenvalue weighted by molar-refractivity contribution is -0.118. The van der Waals surface area contributed by atoms with E-state index in [1.807, 2.05) is 39.0 Å². The third kappa shape index (κ3) is 5.89. The van der Waals surface area contributed by atoms with Crippen LogP contribution in [0.25, 0.3) is 0 Å². The van der Waals surface area contributed by atoms with Gasteiger partial charge in [-0.1, -0.05) is 51.1 Å². The summed E-state index contributed by atoms with van der Waals surface area (Å²) in [5.41, 5.74) is 3.18. The zero-order valence-corrected chi connectivity index (χ0v) is 19.4. The number of nitrogens with one attached hydrogen (secondary N) is 2. The van der Waals surface area contributed by atoms with E-state index in [0.29, 0.717) is 23.4 Å². The monoisotopic (exact) mass is 450 g/mol. The summed E-state index contributed by atoms with van der Waals surface area (Å²) in [6, 6.07) is 13.3. The van der Waals surface area contributed by atoms with Crippen LogP contribution in [0, 0.1) is 11.3 Å². The van der Waals surface area contributed by atoms with E-state index >= 15 is 0 Å². The molecule has 1 saturated heterocycles. The Balaban J connectivity index is 1.84. The van der Waals surface area contributed by atoms with E-state index in [9.17, 15) is 20.0 Å². The van der Waals surface area contributed by atoms with Crippen molar-refractivity contribution < 1.29 is 19.4 Å². The fourth-order valence-corrected chi connectivity index (χ4v) is 3.69. The number of methoxy groups -OCH3 is 1. The molecule has 0 bridgehead atoms. The lowest BCUT2D eigenvalue weighted by Crippen LogP contribution is -2.57. The molecule has 8 nitrogen and oxygen atoms in total. The summed E-state index contributed by atoms with van der Waals surface area (Å²) < 4.78 is 5.13. The fraction of sp³-hybridized carbons (Fsp3) is 0.400. The van der Waals surface area contributed by atoms with Crippen LogP contribution in [0.3, 0.4) is 0 Å². The molecule has 1 heterocycles. The summed E-state index contributed by atoms with van der Waals surface area (Å²) in [7, 11) is 1.60. The molecule has 0 spiro atoms. The van der Waals surface area contributed by atoms with Gasteiger partial charge in [-0.2, -0.15) is 5.26 Å². The summed E-state index contributed by atoms with van der Waals surface area (Å²) >= 11 is 0. The van der Waals surface area contributed by atoms with Crippen molar-refractivity contribution in [3.63, 3.8) is 0 Å². The van der Waals surface area contributed by atoms with Crippen LogP contribution >= 0.6 is 0 Å². The molecular weight excluding hydrogens is 420 g/mol. The van der Waals surface area contributed by atoms with Gasteiger partial charge in [0.15, 0.2) is 0 Å². The number of hydrogen-bond donors (Lipinski definition) is 3. The predicted octanol–water partition coefficient (Wildman–Crippen LogP) is 3.07. The first-order chi connectivity index (χ1) is 15.6. The summed E-state index contributed by atoms with van der Waals surface area (Å²) in [5.74, 6) is -0.434. The van der Waals surface area contributed by atoms with Gasteiger partial charge in [-0.3, -0.25) is 4.79 Å². The van der Waals surface area contributed by atoms with E-state index in [1.54, 1.807) is 31.4 Å². The second-order valence-corrected chi connectivity index (χ2v) is 9.23. The zero-order chi connectivity index (χ0) is 24.2. The molecule has 0 aromatic heterocycles. The minimum Gasteiger partial charge on any atom is -0.389 e. The van der Waals surface area contributed by atoms with E-state index < -0.39 is 24.1 Å². The third-order valence-electron chi connectivity index (χ3n) is 5.52. The number of nitriles is 1. The lowest BCUT2D eigenvalue weighted by atomic mass is 9.84. The van der Waals surface area contributed by atoms with Crippen LogP contribution < -0.4 is 10.6 Å². The Labute approximate surface area is 194 Å². The van der Waals surface area contributed by atoms with E-state index in [2.05, 4.69) is 16.7 Å². The molecule has 3 N–H and O–H groups in total. The Kier molecular flexibility index (Phi) is 7.36. The average Bonchev–Trinajstić information content (AvgIpc) is 2.75. The number of aliphatic hydroxyl groups excluding tert-OH is 1. The smallest absolute Gasteiger partial charge is 0.318 e. The number of aliphatic hydroxyl groups is 1. The average molecular weight is 451 g/mol. The fourth-order valence-electron chi connectivity index (χ4n) is 3.69. The van der Waals surface area contributed by atoms with Crippen molar-refractivity contribution in [1.82, 2.24) is 10.2 Å². The number of likely N-dealkylation sites (tertiary alicyclic amines) is 1. The van der Waals surface area contributed by atoms with Crippen molar-refractivity contribution in [1.29, 1.82) is 5.26 Å². The van der Waals surface area contributed by atoms with Gasteiger partial charge < -0.3 is 25.4 Å². The second-order valence-electron chi connectivity index (χ2n) is 9.23. The molecule has 1 atom stereocenters. The van der Waals surface area contributed by atoms with Gasteiger partial charge in [-0.15, -0.1) is 0 Å². The van der Waals surface area contributed by atoms with Crippen molar-refractivity contribution in [2.75, 3.05) is 25.5 Å². The highest BCUT2D eigenvalue weighted by Gasteiger charge is 2.32. The highest BCUT2D eigenvalue weighted by atomic mass is 16.5. The number of anilines is 1. The number of rotatable bonds is 6. The van der Waals surface area contributed by atoms with Crippen molar-refractivity contribution in [3.8, 4) is 6.07 Å². The van der Waals surface area contributed by atoms with Crippen molar-refractivity contribution >= 4 is 17.6 Å². The van der Waals surface area contributed by atoms with E-state index in [4.69, 9.17) is 4.74 Å². The zero-order valence-electron chi connectivity index (χ0n) is 19.4. The minimum absolute atomic E-state index is 0.212. The molecule has 0 radical (unpaired) electrons. The summed E-state index contributed by atoms with van der Waals surface area (Å²) in [5, 5.41) is 24.7. The molecule has 0 aliphatic carbocycles. The van der Waals surface area contributed by atoms with Gasteiger partial charge in [-0.25, -0.2) is 4.79 Å². The maximum Gasteiger partial charge on any atom is 0.318 e. The molecule has 3 amide bonds. The molecule has 0 saturated carbocycles. The van der Waals surface area contributed by atoms with Gasteiger partial charge in [0.1, 0.15) is 6.04 Å². The van der Waals surface area contributed by atoms with E-state index in [-0.39, 0.29) is 18.5 Å². The topological polar surface area (TPSA) is 115 Å². The number of ether oxygens (including phenoxy) is 1. The minimum atomic E-state index is -0.959. The Morgan fingerprint density at radius 3 is 2.42 bits per heavy atom. The number of carbonyl (C=O) groups is 2. The number of carbonyl (C=O) groups excluding carboxylic acids is 2. The Bertz CT molecular complexity index is 1050. The SMILES string of the molecule is COCc1ccc(C(NC(=O)N2CC(O)C2)C(=O)Nc2ccc(C(C)(C)C)c(C#N)c2)cc1. The molecule has 174 valence electrons. The van der Waals surface area contributed by atoms with Crippen LogP contribution in [-0.4, -0.2) is 48.2 Å². The molecule has 1 aliphatic rings. The number of hydrogen-bond acceptors (Lipinski definition) is 5. The van der Waals surface area contributed by atoms with Crippen molar-refractivity contribution in [2.45, 2.75) is 44.9 Å². The largest absolute Gasteiger partial charge is 0.389 e. The number of urea groups is 1. The molecule has 2 aromatic rings. The van der Waals surface area contributed by atoms with Crippen LogP contribution in [0.2, 0.25) is 0 Å². The van der Waals surface area contributed by atoms with Gasteiger partial charge >= 0.3 is 6.03 Å². The van der Waals surface area contributed by atoms with E-state index in [1.165, 1.54) is 4.90 Å². The number of amides is 3. The van der Waals surface area contributed by atoms with Gasteiger partial charge in [0.2, 0.25) is 0 Å². The van der Waals surface area contributed by atoms with Crippen molar-refractivity contribution in [2.24, 2.45) is 0 Å². The van der Waals surface area contributed by atoms with Crippen LogP contribution in [0.4, 0.5) is 10.5 Å². The summed E-state index contributed by atoms with van der Waals surface area (Å²) in [6.45, 7) is 6.96. The second kappa shape index (κ2) is 10.0. The van der Waals surface area contributed by atoms with Gasteiger partial charge in [0, 0.05) is 12.8 Å². The van der Waals surface area contributed by atoms with Crippen LogP contribution in [-0.2, 0) is 21.6 Å². The van der Waals surface area contributed by atoms with Gasteiger partial charge in [0.05, 0.1) is 37.4 Å². The molecular formula is C25H30N4O4. The first-order valence-corrected chi connectivity index (χ1v) is 10.8. The third-order valence-corrected chi connectivity index (χ3v) is 5.52. The quantitative estimate of drug-likeness (QED) is 0.626. The maximum atomic E-state index is 13.2. The molecule has 1 unspecified atom stereocenters. The van der Waals surface area contributed by atoms with Crippen molar-refractivity contribution in [3.05, 3.63) is 64.7 Å². The predicted molar refractivity (Wildman–Crippen MR) is 124 cm³/mol. The molecule has 33 heavy (non-hydrogen) atoms. The highest BCUT2D eigenvalue weighted by molar-refractivity contribution is 5.98. The highest BCUT2D eigenvalue weighted by Crippen LogP contribution is 2.28. The summed E-state index contributed by atoms with van der Waals surface area (Å²) in [6.07, 6.45) is -0.540. The molecule has 2 aromatic carbocycles. The molecule has 1 aliphatic heterocycles. The maximum absolute atomic E-state index is 13.2. The van der Waals surface area contributed by atoms with E-state index in [0.717, 1.165) is 11.1 Å². The number of benzene rings is 2. The normalized spacial score (nSPS) is 14.7. The first-order valence-electron chi connectivity index (χ1n) is 10.8. The van der Waals surface area contributed by atoms with Gasteiger partial charge in [-0.05, 0) is 34.2 Å². The number of β-amino-alcohol motifs (C(OH)–C–C–N with tert-alkyl or cyclic N) is 1. The molecule has 8 heteroatoms. The standard InChI is InChI=1S/C25H30N4O4/c1-25(2,3)21-10-9-19(11-18(21)12-26)27-23(31)22(28-24(32)29-13-20(30)14-29)17-7-5-16(6-8-17)15-33-4/h5-11,20,22,30H,13-15H2,1-4H3,(H,27,31)(H,28,32). The Morgan fingerprint density at radius 2 is 1.88 bits per heavy atom. The van der Waals surface area contributed by atoms with Crippen LogP contribution in [0.1, 0.15) is 49.1 Å². The first kappa shape index (κ1) is 24.2. The van der Waals surface area contributed by atoms with Crippen LogP contribution in [0.5, 0.6) is 0 Å². The lowest BCUT2D eigenvalue weighted by Gasteiger charge is -2.36. The molecule has 1 fully saturated rings. The van der Waals surface area contributed by atoms with Gasteiger partial charge in [0.25, 0.3) is 5.91 Å². The van der Waals surface area contributed by atoms with Crippen LogP contribution in [0.15, 0.2) is 42.5 Å². The molecule has 3 rings (SSSR count). The Hall–Kier alpha value is -3.41. The Morgan fingerprint density at radius 1 is 1.21 bits per heavy atom. The summed E-state index contributed by atoms with van der Waals surface area (Å²) in [4.78, 5) is 27.3. The number of nitrogens with zero attached hydrogens (tertiary/aromatic N) is 2.